The normalized spacial score (nSPS) is 13.2. The predicted octanol–water partition coefficient (Wildman–Crippen LogP) is 1.10. The van der Waals surface area contributed by atoms with Crippen LogP contribution in [-0.4, -0.2) is 28.2 Å². The van der Waals surface area contributed by atoms with Crippen molar-refractivity contribution in [1.82, 2.24) is 14.5 Å². The van der Waals surface area contributed by atoms with Gasteiger partial charge in [0.05, 0.1) is 0 Å². The summed E-state index contributed by atoms with van der Waals surface area (Å²) in [5.74, 6) is 0.848. The summed E-state index contributed by atoms with van der Waals surface area (Å²) in [6.45, 7) is 3.28. The fourth-order valence-electron chi connectivity index (χ4n) is 1.84. The topological polar surface area (TPSA) is 66.0 Å². The number of pyridine rings is 1. The van der Waals surface area contributed by atoms with Crippen LogP contribution in [-0.2, 0) is 11.3 Å². The first-order valence-electron chi connectivity index (χ1n) is 5.35. The van der Waals surface area contributed by atoms with Crippen LogP contribution in [0.5, 0.6) is 0 Å². The molecule has 0 aromatic carbocycles. The van der Waals surface area contributed by atoms with Crippen LogP contribution in [0.15, 0.2) is 18.3 Å². The van der Waals surface area contributed by atoms with Gasteiger partial charge in [-0.3, -0.25) is 0 Å². The fraction of sp³-hybridized carbons (Fsp3) is 0.455. The number of nitrogens with zero attached hydrogens (tertiary/aromatic N) is 3. The van der Waals surface area contributed by atoms with Crippen molar-refractivity contribution in [2.45, 2.75) is 19.6 Å². The van der Waals surface area contributed by atoms with Gasteiger partial charge in [-0.25, -0.2) is 9.97 Å². The Morgan fingerprint density at radius 1 is 1.56 bits per heavy atom. The van der Waals surface area contributed by atoms with Gasteiger partial charge >= 0.3 is 0 Å². The standard InChI is InChI=1S/C11H16N4O/c1-3-15-10-8(5-4-6-13-10)14-11(15)9(7-12)16-2/h4-6,9H,3,7,12H2,1-2H3. The molecule has 0 bridgehead atoms. The van der Waals surface area contributed by atoms with E-state index in [9.17, 15) is 0 Å². The monoisotopic (exact) mass is 220 g/mol. The van der Waals surface area contributed by atoms with Crippen LogP contribution in [0.2, 0.25) is 0 Å². The van der Waals surface area contributed by atoms with E-state index in [0.29, 0.717) is 6.54 Å². The van der Waals surface area contributed by atoms with Gasteiger partial charge in [-0.2, -0.15) is 0 Å². The minimum atomic E-state index is -0.172. The lowest BCUT2D eigenvalue weighted by molar-refractivity contribution is 0.100. The van der Waals surface area contributed by atoms with Crippen LogP contribution in [0, 0.1) is 0 Å². The summed E-state index contributed by atoms with van der Waals surface area (Å²) in [6, 6.07) is 3.82. The van der Waals surface area contributed by atoms with Gasteiger partial charge in [0.25, 0.3) is 0 Å². The van der Waals surface area contributed by atoms with Gasteiger partial charge in [0.1, 0.15) is 17.4 Å². The SMILES string of the molecule is CCn1c(C(CN)OC)nc2cccnc21. The lowest BCUT2D eigenvalue weighted by Gasteiger charge is -2.13. The Morgan fingerprint density at radius 3 is 3.00 bits per heavy atom. The molecule has 2 heterocycles. The average molecular weight is 220 g/mol. The van der Waals surface area contributed by atoms with E-state index in [1.807, 2.05) is 16.7 Å². The number of ether oxygens (including phenoxy) is 1. The number of hydrogen-bond acceptors (Lipinski definition) is 4. The molecule has 1 unspecified atom stereocenters. The Bertz CT molecular complexity index is 476. The van der Waals surface area contributed by atoms with E-state index in [0.717, 1.165) is 23.5 Å². The van der Waals surface area contributed by atoms with Gasteiger partial charge < -0.3 is 15.0 Å². The van der Waals surface area contributed by atoms with Gasteiger partial charge in [-0.05, 0) is 19.1 Å². The molecule has 0 saturated carbocycles. The average Bonchev–Trinajstić information content (AvgIpc) is 2.69. The number of aryl methyl sites for hydroxylation is 1. The van der Waals surface area contributed by atoms with Gasteiger partial charge in [0.15, 0.2) is 5.65 Å². The molecule has 5 nitrogen and oxygen atoms in total. The third-order valence-electron chi connectivity index (χ3n) is 2.64. The molecule has 0 amide bonds. The van der Waals surface area contributed by atoms with Crippen molar-refractivity contribution in [2.24, 2.45) is 5.73 Å². The van der Waals surface area contributed by atoms with Crippen molar-refractivity contribution < 1.29 is 4.74 Å². The Morgan fingerprint density at radius 2 is 2.38 bits per heavy atom. The Balaban J connectivity index is 2.60. The van der Waals surface area contributed by atoms with Crippen LogP contribution in [0.3, 0.4) is 0 Å². The van der Waals surface area contributed by atoms with E-state index in [1.165, 1.54) is 0 Å². The van der Waals surface area contributed by atoms with Crippen molar-refractivity contribution in [3.8, 4) is 0 Å². The highest BCUT2D eigenvalue weighted by Crippen LogP contribution is 2.20. The molecular weight excluding hydrogens is 204 g/mol. The van der Waals surface area contributed by atoms with Crippen LogP contribution in [0.4, 0.5) is 0 Å². The molecule has 0 radical (unpaired) electrons. The number of hydrogen-bond donors (Lipinski definition) is 1. The number of rotatable bonds is 4. The second kappa shape index (κ2) is 4.59. The number of imidazole rings is 1. The van der Waals surface area contributed by atoms with E-state index in [-0.39, 0.29) is 6.10 Å². The lowest BCUT2D eigenvalue weighted by Crippen LogP contribution is -2.18. The molecule has 2 rings (SSSR count). The predicted molar refractivity (Wildman–Crippen MR) is 62.0 cm³/mol. The zero-order valence-corrected chi connectivity index (χ0v) is 9.55. The Kier molecular flexibility index (Phi) is 3.17. The molecule has 0 spiro atoms. The smallest absolute Gasteiger partial charge is 0.160 e. The fourth-order valence-corrected chi connectivity index (χ4v) is 1.84. The van der Waals surface area contributed by atoms with Gasteiger partial charge in [0, 0.05) is 26.4 Å². The summed E-state index contributed by atoms with van der Waals surface area (Å²) in [5.41, 5.74) is 7.43. The third-order valence-corrected chi connectivity index (χ3v) is 2.64. The number of fused-ring (bicyclic) bond motifs is 1. The molecule has 2 N–H and O–H groups in total. The van der Waals surface area contributed by atoms with Crippen molar-refractivity contribution in [2.75, 3.05) is 13.7 Å². The maximum absolute atomic E-state index is 5.66. The second-order valence-electron chi connectivity index (χ2n) is 3.52. The van der Waals surface area contributed by atoms with Crippen LogP contribution >= 0.6 is 0 Å². The quantitative estimate of drug-likeness (QED) is 0.837. The van der Waals surface area contributed by atoms with Crippen molar-refractivity contribution in [3.63, 3.8) is 0 Å². The second-order valence-corrected chi connectivity index (χ2v) is 3.52. The molecule has 0 aliphatic carbocycles. The van der Waals surface area contributed by atoms with Crippen molar-refractivity contribution in [3.05, 3.63) is 24.2 Å². The van der Waals surface area contributed by atoms with Crippen molar-refractivity contribution in [1.29, 1.82) is 0 Å². The Hall–Kier alpha value is -1.46. The molecule has 5 heteroatoms. The van der Waals surface area contributed by atoms with E-state index < -0.39 is 0 Å². The van der Waals surface area contributed by atoms with E-state index >= 15 is 0 Å². The minimum Gasteiger partial charge on any atom is -0.372 e. The number of methoxy groups -OCH3 is 1. The van der Waals surface area contributed by atoms with Gasteiger partial charge in [-0.15, -0.1) is 0 Å². The zero-order chi connectivity index (χ0) is 11.5. The summed E-state index contributed by atoms with van der Waals surface area (Å²) >= 11 is 0. The van der Waals surface area contributed by atoms with Gasteiger partial charge in [-0.1, -0.05) is 0 Å². The Labute approximate surface area is 94.2 Å². The third kappa shape index (κ3) is 1.68. The minimum absolute atomic E-state index is 0.172. The maximum atomic E-state index is 5.66. The van der Waals surface area contributed by atoms with Crippen molar-refractivity contribution >= 4 is 11.2 Å². The number of aromatic nitrogens is 3. The molecule has 0 aliphatic rings. The molecule has 2 aromatic rings. The first-order chi connectivity index (χ1) is 7.81. The van der Waals surface area contributed by atoms with Crippen LogP contribution in [0.25, 0.3) is 11.2 Å². The zero-order valence-electron chi connectivity index (χ0n) is 9.55. The van der Waals surface area contributed by atoms with Crippen LogP contribution in [0.1, 0.15) is 18.9 Å². The van der Waals surface area contributed by atoms with E-state index in [1.54, 1.807) is 13.3 Å². The largest absolute Gasteiger partial charge is 0.372 e. The molecular formula is C11H16N4O. The summed E-state index contributed by atoms with van der Waals surface area (Å²) in [5, 5.41) is 0. The summed E-state index contributed by atoms with van der Waals surface area (Å²) < 4.78 is 7.36. The van der Waals surface area contributed by atoms with Gasteiger partial charge in [0.2, 0.25) is 0 Å². The highest BCUT2D eigenvalue weighted by molar-refractivity contribution is 5.71. The molecule has 16 heavy (non-hydrogen) atoms. The summed E-state index contributed by atoms with van der Waals surface area (Å²) in [7, 11) is 1.64. The van der Waals surface area contributed by atoms with E-state index in [2.05, 4.69) is 16.9 Å². The molecule has 0 aliphatic heterocycles. The summed E-state index contributed by atoms with van der Waals surface area (Å²) in [4.78, 5) is 8.85. The molecule has 0 saturated heterocycles. The summed E-state index contributed by atoms with van der Waals surface area (Å²) in [6.07, 6.45) is 1.60. The maximum Gasteiger partial charge on any atom is 0.160 e. The first-order valence-corrected chi connectivity index (χ1v) is 5.35. The highest BCUT2D eigenvalue weighted by Gasteiger charge is 2.18. The van der Waals surface area contributed by atoms with Crippen LogP contribution < -0.4 is 5.73 Å². The molecule has 86 valence electrons. The lowest BCUT2D eigenvalue weighted by atomic mass is 10.3. The molecule has 0 fully saturated rings. The highest BCUT2D eigenvalue weighted by atomic mass is 16.5. The van der Waals surface area contributed by atoms with E-state index in [4.69, 9.17) is 10.5 Å². The molecule has 2 aromatic heterocycles. The molecule has 1 atom stereocenters. The first kappa shape index (κ1) is 11.0. The number of nitrogens with two attached hydrogens (primary N) is 1.